The van der Waals surface area contributed by atoms with Crippen molar-refractivity contribution in [2.45, 2.75) is 0 Å². The van der Waals surface area contributed by atoms with Gasteiger partial charge in [0, 0.05) is 0 Å². The van der Waals surface area contributed by atoms with Crippen molar-refractivity contribution in [2.24, 2.45) is 0 Å². The Morgan fingerprint density at radius 1 is 1.15 bits per heavy atom. The number of nitrogens with zero attached hydrogens (tertiary/aromatic N) is 2. The molecule has 9 heteroatoms. The summed E-state index contributed by atoms with van der Waals surface area (Å²) in [5.41, 5.74) is -0.736. The van der Waals surface area contributed by atoms with Crippen LogP contribution in [0.1, 0.15) is 10.6 Å². The largest absolute Gasteiger partial charge is 0.318 e. The van der Waals surface area contributed by atoms with Gasteiger partial charge in [-0.25, -0.2) is 4.98 Å². The number of anilines is 1. The molecule has 9 nitrogen and oxygen atoms in total. The van der Waals surface area contributed by atoms with E-state index in [0.717, 1.165) is 0 Å². The number of carbonyl (C=O) groups is 1. The summed E-state index contributed by atoms with van der Waals surface area (Å²) in [6.45, 7) is 0. The van der Waals surface area contributed by atoms with Crippen molar-refractivity contribution in [2.75, 3.05) is 5.32 Å². The number of benzene rings is 1. The maximum absolute atomic E-state index is 11.9. The van der Waals surface area contributed by atoms with Crippen LogP contribution < -0.4 is 16.4 Å². The highest BCUT2D eigenvalue weighted by atomic mass is 16.2. The molecule has 0 fully saturated rings. The van der Waals surface area contributed by atoms with E-state index in [9.17, 15) is 14.4 Å². The summed E-state index contributed by atoms with van der Waals surface area (Å²) in [7, 11) is 0. The third-order valence-electron chi connectivity index (χ3n) is 2.70. The summed E-state index contributed by atoms with van der Waals surface area (Å²) in [5.74, 6) is -0.557. The van der Waals surface area contributed by atoms with E-state index in [4.69, 9.17) is 0 Å². The minimum absolute atomic E-state index is 0.00303. The SMILES string of the molecule is O=C(Nc1cccc2c(=O)[nH][nH]c(=O)c12)c1ncn[nH]1. The second-order valence-corrected chi connectivity index (χ2v) is 3.92. The van der Waals surface area contributed by atoms with Crippen LogP contribution in [-0.4, -0.2) is 31.3 Å². The zero-order valence-electron chi connectivity index (χ0n) is 9.93. The number of carbonyl (C=O) groups excluding carboxylic acids is 1. The van der Waals surface area contributed by atoms with Crippen LogP contribution in [0.15, 0.2) is 34.1 Å². The van der Waals surface area contributed by atoms with Gasteiger partial charge in [-0.1, -0.05) is 6.07 Å². The van der Waals surface area contributed by atoms with Gasteiger partial charge in [0.2, 0.25) is 5.82 Å². The number of aromatic amines is 3. The van der Waals surface area contributed by atoms with Gasteiger partial charge in [-0.15, -0.1) is 0 Å². The first-order chi connectivity index (χ1) is 9.66. The minimum atomic E-state index is -0.560. The number of rotatable bonds is 2. The number of fused-ring (bicyclic) bond motifs is 1. The summed E-state index contributed by atoms with van der Waals surface area (Å²) in [6, 6.07) is 4.58. The molecule has 20 heavy (non-hydrogen) atoms. The summed E-state index contributed by atoms with van der Waals surface area (Å²) in [5, 5.41) is 13.2. The van der Waals surface area contributed by atoms with Crippen LogP contribution in [0.4, 0.5) is 5.69 Å². The molecule has 0 radical (unpaired) electrons. The Morgan fingerprint density at radius 2 is 1.95 bits per heavy atom. The van der Waals surface area contributed by atoms with E-state index in [-0.39, 0.29) is 22.3 Å². The number of amides is 1. The van der Waals surface area contributed by atoms with Crippen LogP contribution in [0.25, 0.3) is 10.8 Å². The highest BCUT2D eigenvalue weighted by Gasteiger charge is 2.13. The molecule has 2 heterocycles. The van der Waals surface area contributed by atoms with Crippen molar-refractivity contribution in [3.8, 4) is 0 Å². The summed E-state index contributed by atoms with van der Waals surface area (Å²) in [4.78, 5) is 39.0. The molecule has 1 aromatic carbocycles. The highest BCUT2D eigenvalue weighted by Crippen LogP contribution is 2.17. The molecule has 0 bridgehead atoms. The van der Waals surface area contributed by atoms with Gasteiger partial charge >= 0.3 is 0 Å². The maximum Gasteiger partial charge on any atom is 0.293 e. The predicted molar refractivity (Wildman–Crippen MR) is 69.5 cm³/mol. The second kappa shape index (κ2) is 4.46. The van der Waals surface area contributed by atoms with Gasteiger partial charge in [0.1, 0.15) is 6.33 Å². The fourth-order valence-electron chi connectivity index (χ4n) is 1.83. The molecule has 0 atom stereocenters. The maximum atomic E-state index is 11.9. The van der Waals surface area contributed by atoms with Crippen molar-refractivity contribution in [1.29, 1.82) is 0 Å². The number of hydrogen-bond acceptors (Lipinski definition) is 5. The Hall–Kier alpha value is -3.23. The predicted octanol–water partition coefficient (Wildman–Crippen LogP) is -0.413. The lowest BCUT2D eigenvalue weighted by molar-refractivity contribution is 0.101. The smallest absolute Gasteiger partial charge is 0.293 e. The van der Waals surface area contributed by atoms with Gasteiger partial charge in [0.15, 0.2) is 0 Å². The first-order valence-electron chi connectivity index (χ1n) is 5.57. The average Bonchev–Trinajstić information content (AvgIpc) is 2.97. The van der Waals surface area contributed by atoms with Crippen LogP contribution in [0.3, 0.4) is 0 Å². The molecule has 0 spiro atoms. The Bertz CT molecular complexity index is 892. The molecule has 100 valence electrons. The first kappa shape index (κ1) is 11.8. The lowest BCUT2D eigenvalue weighted by Crippen LogP contribution is -2.21. The van der Waals surface area contributed by atoms with Crippen LogP contribution in [0.5, 0.6) is 0 Å². The molecule has 0 aliphatic rings. The Labute approximate surface area is 110 Å². The van der Waals surface area contributed by atoms with E-state index >= 15 is 0 Å². The summed E-state index contributed by atoms with van der Waals surface area (Å²) < 4.78 is 0. The number of nitrogens with one attached hydrogen (secondary N) is 4. The molecular formula is C11H8N6O3. The Balaban J connectivity index is 2.13. The van der Waals surface area contributed by atoms with Crippen LogP contribution in [0, 0.1) is 0 Å². The normalized spacial score (nSPS) is 10.6. The molecule has 0 aliphatic heterocycles. The van der Waals surface area contributed by atoms with E-state index in [1.807, 2.05) is 0 Å². The lowest BCUT2D eigenvalue weighted by atomic mass is 10.1. The Kier molecular flexibility index (Phi) is 2.64. The van der Waals surface area contributed by atoms with Crippen molar-refractivity contribution < 1.29 is 4.79 Å². The molecule has 4 N–H and O–H groups in total. The van der Waals surface area contributed by atoms with Gasteiger partial charge in [-0.2, -0.15) is 5.10 Å². The fourth-order valence-corrected chi connectivity index (χ4v) is 1.83. The van der Waals surface area contributed by atoms with E-state index < -0.39 is 17.0 Å². The zero-order chi connectivity index (χ0) is 14.1. The van der Waals surface area contributed by atoms with Crippen molar-refractivity contribution in [3.63, 3.8) is 0 Å². The molecule has 0 unspecified atom stereocenters. The van der Waals surface area contributed by atoms with Gasteiger partial charge in [-0.05, 0) is 12.1 Å². The molecule has 3 aromatic rings. The Morgan fingerprint density at radius 3 is 2.70 bits per heavy atom. The van der Waals surface area contributed by atoms with Crippen molar-refractivity contribution in [1.82, 2.24) is 25.4 Å². The van der Waals surface area contributed by atoms with E-state index in [2.05, 4.69) is 30.7 Å². The quantitative estimate of drug-likeness (QED) is 0.502. The van der Waals surface area contributed by atoms with Crippen LogP contribution in [0.2, 0.25) is 0 Å². The number of aromatic nitrogens is 5. The van der Waals surface area contributed by atoms with E-state index in [1.165, 1.54) is 18.5 Å². The third kappa shape index (κ3) is 1.86. The van der Waals surface area contributed by atoms with Crippen molar-refractivity contribution >= 4 is 22.4 Å². The van der Waals surface area contributed by atoms with Crippen LogP contribution >= 0.6 is 0 Å². The van der Waals surface area contributed by atoms with Crippen molar-refractivity contribution in [3.05, 3.63) is 51.1 Å². The third-order valence-corrected chi connectivity index (χ3v) is 2.70. The van der Waals surface area contributed by atoms with Gasteiger partial charge in [0.05, 0.1) is 16.5 Å². The molecule has 2 aromatic heterocycles. The van der Waals surface area contributed by atoms with E-state index in [0.29, 0.717) is 0 Å². The lowest BCUT2D eigenvalue weighted by Gasteiger charge is -2.05. The fraction of sp³-hybridized carbons (Fsp3) is 0. The molecular weight excluding hydrogens is 264 g/mol. The first-order valence-corrected chi connectivity index (χ1v) is 5.57. The zero-order valence-corrected chi connectivity index (χ0v) is 9.93. The number of H-pyrrole nitrogens is 3. The molecule has 0 saturated carbocycles. The summed E-state index contributed by atoms with van der Waals surface area (Å²) in [6.07, 6.45) is 1.19. The topological polar surface area (TPSA) is 136 Å². The second-order valence-electron chi connectivity index (χ2n) is 3.92. The highest BCUT2D eigenvalue weighted by molar-refractivity contribution is 6.06. The summed E-state index contributed by atoms with van der Waals surface area (Å²) >= 11 is 0. The van der Waals surface area contributed by atoms with Gasteiger partial charge in [-0.3, -0.25) is 29.7 Å². The van der Waals surface area contributed by atoms with Crippen LogP contribution in [-0.2, 0) is 0 Å². The number of hydrogen-bond donors (Lipinski definition) is 4. The van der Waals surface area contributed by atoms with Gasteiger partial charge in [0.25, 0.3) is 17.0 Å². The molecule has 0 aliphatic carbocycles. The molecule has 0 saturated heterocycles. The van der Waals surface area contributed by atoms with Gasteiger partial charge < -0.3 is 5.32 Å². The standard InChI is InChI=1S/C11H8N6O3/c18-9-5-2-1-3-6(7(5)10(19)17-16-9)14-11(20)8-12-4-13-15-8/h1-4H,(H,14,20)(H,16,18)(H,17,19)(H,12,13,15). The monoisotopic (exact) mass is 272 g/mol. The molecule has 3 rings (SSSR count). The average molecular weight is 272 g/mol. The van der Waals surface area contributed by atoms with E-state index in [1.54, 1.807) is 6.07 Å². The minimum Gasteiger partial charge on any atom is -0.318 e. The molecule has 1 amide bonds.